The molecule has 3 fully saturated rings. The number of aliphatic hydroxyl groups is 5. The fraction of sp³-hybridized carbons (Fsp3) is 0.714. The molecule has 0 unspecified atom stereocenters. The molecule has 196 valence electrons. The van der Waals surface area contributed by atoms with E-state index < -0.39 is 85.3 Å². The monoisotopic (exact) mass is 503 g/mol. The van der Waals surface area contributed by atoms with Crippen LogP contribution in [0.5, 0.6) is 5.75 Å². The molecule has 0 spiro atoms. The quantitative estimate of drug-likeness (QED) is 0.211. The smallest absolute Gasteiger partial charge is 0.269 e. The van der Waals surface area contributed by atoms with E-state index in [1.165, 1.54) is 24.3 Å². The number of non-ortho nitro benzene ring substituents is 1. The molecule has 1 aromatic carbocycles. The summed E-state index contributed by atoms with van der Waals surface area (Å²) in [6, 6.07) is 4.97. The van der Waals surface area contributed by atoms with Gasteiger partial charge in [0.25, 0.3) is 5.69 Å². The molecule has 0 aromatic heterocycles. The maximum absolute atomic E-state index is 10.8. The van der Waals surface area contributed by atoms with Crippen molar-refractivity contribution in [2.45, 2.75) is 81.0 Å². The van der Waals surface area contributed by atoms with Crippen LogP contribution in [-0.2, 0) is 23.7 Å². The summed E-state index contributed by atoms with van der Waals surface area (Å²) in [5, 5.41) is 62.5. The zero-order valence-electron chi connectivity index (χ0n) is 18.9. The average molecular weight is 503 g/mol. The molecule has 0 saturated carbocycles. The number of nitro benzene ring substituents is 1. The second-order valence-corrected chi connectivity index (χ2v) is 8.96. The molecule has 3 heterocycles. The predicted molar refractivity (Wildman–Crippen MR) is 112 cm³/mol. The van der Waals surface area contributed by atoms with Crippen LogP contribution in [0.15, 0.2) is 24.3 Å². The van der Waals surface area contributed by atoms with Crippen LogP contribution >= 0.6 is 0 Å². The second kappa shape index (κ2) is 10.2. The lowest BCUT2D eigenvalue weighted by Gasteiger charge is -2.45. The Morgan fingerprint density at radius 2 is 1.51 bits per heavy atom. The summed E-state index contributed by atoms with van der Waals surface area (Å²) in [5.74, 6) is -0.923. The van der Waals surface area contributed by atoms with Crippen LogP contribution in [0.25, 0.3) is 0 Å². The number of fused-ring (bicyclic) bond motifs is 1. The minimum Gasteiger partial charge on any atom is -0.462 e. The largest absolute Gasteiger partial charge is 0.462 e. The predicted octanol–water partition coefficient (Wildman–Crippen LogP) is -1.60. The normalized spacial score (nSPS) is 40.8. The lowest BCUT2D eigenvalue weighted by molar-refractivity contribution is -0.384. The Bertz CT molecular complexity index is 880. The summed E-state index contributed by atoms with van der Waals surface area (Å²) in [7, 11) is 0. The fourth-order valence-corrected chi connectivity index (χ4v) is 4.37. The van der Waals surface area contributed by atoms with Crippen molar-refractivity contribution in [1.82, 2.24) is 0 Å². The first-order chi connectivity index (χ1) is 16.5. The minimum absolute atomic E-state index is 0.117. The third kappa shape index (κ3) is 5.27. The maximum atomic E-state index is 10.8. The molecule has 1 aromatic rings. The first-order valence-electron chi connectivity index (χ1n) is 11.0. The van der Waals surface area contributed by atoms with Gasteiger partial charge >= 0.3 is 0 Å². The number of aliphatic hydroxyl groups excluding tert-OH is 5. The van der Waals surface area contributed by atoms with Gasteiger partial charge < -0.3 is 54.0 Å². The Hall–Kier alpha value is -1.98. The molecule has 35 heavy (non-hydrogen) atoms. The highest BCUT2D eigenvalue weighted by molar-refractivity contribution is 5.36. The van der Waals surface area contributed by atoms with Gasteiger partial charge in [0.05, 0.1) is 18.1 Å². The van der Waals surface area contributed by atoms with Crippen molar-refractivity contribution in [2.75, 3.05) is 13.2 Å². The summed E-state index contributed by atoms with van der Waals surface area (Å²) in [5.41, 5.74) is -0.168. The van der Waals surface area contributed by atoms with Crippen LogP contribution < -0.4 is 4.74 Å². The number of hydrogen-bond donors (Lipinski definition) is 5. The first kappa shape index (κ1) is 26.1. The Morgan fingerprint density at radius 3 is 2.11 bits per heavy atom. The van der Waals surface area contributed by atoms with Gasteiger partial charge in [-0.1, -0.05) is 0 Å². The molecule has 4 rings (SSSR count). The van der Waals surface area contributed by atoms with Crippen LogP contribution in [0.2, 0.25) is 0 Å². The molecule has 10 atom stereocenters. The molecule has 3 saturated heterocycles. The number of hydrogen-bond acceptors (Lipinski definition) is 13. The Labute approximate surface area is 199 Å². The van der Waals surface area contributed by atoms with Crippen molar-refractivity contribution < 1.29 is 58.9 Å². The highest BCUT2D eigenvalue weighted by Crippen LogP contribution is 2.39. The van der Waals surface area contributed by atoms with E-state index in [9.17, 15) is 35.6 Å². The van der Waals surface area contributed by atoms with Gasteiger partial charge in [-0.2, -0.15) is 0 Å². The lowest BCUT2D eigenvalue weighted by Crippen LogP contribution is -2.64. The van der Waals surface area contributed by atoms with Crippen LogP contribution in [-0.4, -0.2) is 111 Å². The molecule has 0 radical (unpaired) electrons. The van der Waals surface area contributed by atoms with Gasteiger partial charge in [-0.05, 0) is 26.0 Å². The van der Waals surface area contributed by atoms with Gasteiger partial charge in [-0.25, -0.2) is 0 Å². The lowest BCUT2D eigenvalue weighted by atomic mass is 9.97. The van der Waals surface area contributed by atoms with Crippen LogP contribution in [0.4, 0.5) is 5.69 Å². The first-order valence-corrected chi connectivity index (χ1v) is 11.0. The zero-order chi connectivity index (χ0) is 25.5. The van der Waals surface area contributed by atoms with Gasteiger partial charge in [0.15, 0.2) is 12.1 Å². The van der Waals surface area contributed by atoms with E-state index in [0.717, 1.165) is 0 Å². The van der Waals surface area contributed by atoms with Crippen molar-refractivity contribution in [3.8, 4) is 5.75 Å². The minimum atomic E-state index is -1.66. The Balaban J connectivity index is 1.45. The molecule has 3 aliphatic rings. The molecule has 0 bridgehead atoms. The second-order valence-electron chi connectivity index (χ2n) is 8.96. The fourth-order valence-electron chi connectivity index (χ4n) is 4.37. The highest BCUT2D eigenvalue weighted by atomic mass is 16.8. The zero-order valence-corrected chi connectivity index (χ0v) is 18.9. The third-order valence-corrected chi connectivity index (χ3v) is 6.05. The van der Waals surface area contributed by atoms with E-state index in [2.05, 4.69) is 0 Å². The number of ether oxygens (including phenoxy) is 6. The van der Waals surface area contributed by atoms with Gasteiger partial charge in [0, 0.05) is 12.1 Å². The van der Waals surface area contributed by atoms with E-state index in [1.807, 2.05) is 0 Å². The van der Waals surface area contributed by atoms with Crippen molar-refractivity contribution in [1.29, 1.82) is 0 Å². The summed E-state index contributed by atoms with van der Waals surface area (Å²) >= 11 is 0. The number of benzene rings is 1. The van der Waals surface area contributed by atoms with Gasteiger partial charge in [-0.3, -0.25) is 10.1 Å². The van der Waals surface area contributed by atoms with Crippen LogP contribution in [0, 0.1) is 10.1 Å². The van der Waals surface area contributed by atoms with Crippen molar-refractivity contribution in [2.24, 2.45) is 0 Å². The Morgan fingerprint density at radius 1 is 0.914 bits per heavy atom. The average Bonchev–Trinajstić information content (AvgIpc) is 3.16. The molecule has 14 heteroatoms. The third-order valence-electron chi connectivity index (χ3n) is 6.05. The molecule has 0 amide bonds. The van der Waals surface area contributed by atoms with Gasteiger partial charge in [0.2, 0.25) is 6.29 Å². The number of nitro groups is 1. The Kier molecular flexibility index (Phi) is 7.59. The highest BCUT2D eigenvalue weighted by Gasteiger charge is 2.57. The maximum Gasteiger partial charge on any atom is 0.269 e. The summed E-state index contributed by atoms with van der Waals surface area (Å²) in [6.07, 6.45) is -12.7. The van der Waals surface area contributed by atoms with Crippen molar-refractivity contribution in [3.05, 3.63) is 34.4 Å². The molecule has 3 aliphatic heterocycles. The topological polar surface area (TPSA) is 200 Å². The molecular weight excluding hydrogens is 474 g/mol. The van der Waals surface area contributed by atoms with Crippen LogP contribution in [0.3, 0.4) is 0 Å². The molecular formula is C21H29NO13. The van der Waals surface area contributed by atoms with E-state index in [1.54, 1.807) is 13.8 Å². The van der Waals surface area contributed by atoms with E-state index in [0.29, 0.717) is 0 Å². The molecule has 5 N–H and O–H groups in total. The summed E-state index contributed by atoms with van der Waals surface area (Å²) < 4.78 is 33.9. The van der Waals surface area contributed by atoms with Crippen LogP contribution in [0.1, 0.15) is 13.8 Å². The standard InChI is InChI=1S/C21H29NO13/c1-21(2)34-17-12(8-24)32-20(15(27)18(17)35-21)33-16-11(7-23)31-19(14(26)13(16)25)30-10-5-3-9(4-6-10)22(28)29/h3-6,11-20,23-27H,7-8H2,1-2H3/t11-,12-,13-,14-,15-,16-,17+,18-,19-,20+/m1/s1. The summed E-state index contributed by atoms with van der Waals surface area (Å²) in [4.78, 5) is 10.2. The number of nitrogens with zero attached hydrogens (tertiary/aromatic N) is 1. The van der Waals surface area contributed by atoms with Crippen molar-refractivity contribution >= 4 is 5.69 Å². The summed E-state index contributed by atoms with van der Waals surface area (Å²) in [6.45, 7) is 2.17. The van der Waals surface area contributed by atoms with Gasteiger partial charge in [0.1, 0.15) is 54.6 Å². The van der Waals surface area contributed by atoms with Gasteiger partial charge in [-0.15, -0.1) is 0 Å². The SMILES string of the molecule is CC1(C)O[C@@H]2[C@@H](O)[C@H](O[C@H]3[C@H](O)[C@@H](O)[C@H](Oc4ccc([N+](=O)[O-])cc4)O[C@@H]3CO)O[C@H](CO)[C@@H]2O1. The molecule has 0 aliphatic carbocycles. The molecule has 14 nitrogen and oxygen atoms in total. The number of rotatable bonds is 7. The van der Waals surface area contributed by atoms with E-state index in [4.69, 9.17) is 28.4 Å². The van der Waals surface area contributed by atoms with Crippen molar-refractivity contribution in [3.63, 3.8) is 0 Å². The van der Waals surface area contributed by atoms with E-state index in [-0.39, 0.29) is 11.4 Å². The van der Waals surface area contributed by atoms with E-state index >= 15 is 0 Å².